The van der Waals surface area contributed by atoms with Crippen molar-refractivity contribution in [3.63, 3.8) is 0 Å². The van der Waals surface area contributed by atoms with Crippen molar-refractivity contribution in [2.24, 2.45) is 0 Å². The Kier molecular flexibility index (Phi) is 5.96. The Hall–Kier alpha value is -1.94. The van der Waals surface area contributed by atoms with Gasteiger partial charge in [0.1, 0.15) is 6.61 Å². The molecule has 0 aromatic heterocycles. The van der Waals surface area contributed by atoms with E-state index < -0.39 is 5.97 Å². The molecule has 0 aliphatic rings. The van der Waals surface area contributed by atoms with Crippen molar-refractivity contribution < 1.29 is 19.4 Å². The highest BCUT2D eigenvalue weighted by atomic mass is 35.5. The maximum absolute atomic E-state index is 10.5. The zero-order chi connectivity index (χ0) is 14.3. The molecule has 0 fully saturated rings. The molecule has 1 rings (SSSR count). The van der Waals surface area contributed by atoms with Gasteiger partial charge in [0.25, 0.3) is 0 Å². The number of hydrogen-bond donors (Lipinski definition) is 1. The van der Waals surface area contributed by atoms with E-state index in [1.54, 1.807) is 12.1 Å². The van der Waals surface area contributed by atoms with E-state index >= 15 is 0 Å². The first kappa shape index (κ1) is 15.1. The minimum Gasteiger partial charge on any atom is -0.493 e. The van der Waals surface area contributed by atoms with Crippen LogP contribution in [0.3, 0.4) is 0 Å². The van der Waals surface area contributed by atoms with E-state index in [9.17, 15) is 4.79 Å². The Morgan fingerprint density at radius 1 is 1.47 bits per heavy atom. The summed E-state index contributed by atoms with van der Waals surface area (Å²) in [6, 6.07) is 3.28. The van der Waals surface area contributed by atoms with E-state index in [4.69, 9.17) is 26.2 Å². The van der Waals surface area contributed by atoms with E-state index in [-0.39, 0.29) is 0 Å². The minimum atomic E-state index is -1.02. The Morgan fingerprint density at radius 2 is 2.21 bits per heavy atom. The first-order chi connectivity index (χ1) is 9.08. The summed E-state index contributed by atoms with van der Waals surface area (Å²) in [5, 5.41) is 8.95. The van der Waals surface area contributed by atoms with Crippen LogP contribution < -0.4 is 9.47 Å². The molecule has 1 N–H and O–H groups in total. The third-order valence-corrected chi connectivity index (χ3v) is 2.51. The Morgan fingerprint density at radius 3 is 2.79 bits per heavy atom. The first-order valence-corrected chi connectivity index (χ1v) is 5.98. The fourth-order valence-corrected chi connectivity index (χ4v) is 1.64. The number of hydrogen-bond acceptors (Lipinski definition) is 3. The predicted molar refractivity (Wildman–Crippen MR) is 75.0 cm³/mol. The number of methoxy groups -OCH3 is 1. The van der Waals surface area contributed by atoms with E-state index in [1.165, 1.54) is 13.2 Å². The molecule has 4 nitrogen and oxygen atoms in total. The SMILES string of the molecule is C/C=C/COc1c(Cl)cc(/C=C/C(=O)O)cc1OC. The van der Waals surface area contributed by atoms with Gasteiger partial charge in [-0.05, 0) is 30.7 Å². The quantitative estimate of drug-likeness (QED) is 0.642. The van der Waals surface area contributed by atoms with Gasteiger partial charge in [0.2, 0.25) is 0 Å². The van der Waals surface area contributed by atoms with Gasteiger partial charge < -0.3 is 14.6 Å². The van der Waals surface area contributed by atoms with Gasteiger partial charge in [-0.3, -0.25) is 0 Å². The third-order valence-electron chi connectivity index (χ3n) is 2.23. The Balaban J connectivity index is 3.03. The Labute approximate surface area is 116 Å². The highest BCUT2D eigenvalue weighted by molar-refractivity contribution is 6.32. The van der Waals surface area contributed by atoms with Gasteiger partial charge >= 0.3 is 5.97 Å². The van der Waals surface area contributed by atoms with Gasteiger partial charge in [-0.15, -0.1) is 0 Å². The predicted octanol–water partition coefficient (Wildman–Crippen LogP) is 3.40. The number of allylic oxidation sites excluding steroid dienone is 1. The van der Waals surface area contributed by atoms with Crippen molar-refractivity contribution >= 4 is 23.6 Å². The van der Waals surface area contributed by atoms with E-state index in [0.29, 0.717) is 28.7 Å². The highest BCUT2D eigenvalue weighted by Crippen LogP contribution is 2.36. The lowest BCUT2D eigenvalue weighted by Crippen LogP contribution is -1.98. The summed E-state index contributed by atoms with van der Waals surface area (Å²) < 4.78 is 10.7. The monoisotopic (exact) mass is 282 g/mol. The fraction of sp³-hybridized carbons (Fsp3) is 0.214. The fourth-order valence-electron chi connectivity index (χ4n) is 1.37. The van der Waals surface area contributed by atoms with Crippen LogP contribution in [0.25, 0.3) is 6.08 Å². The molecule has 0 aliphatic carbocycles. The van der Waals surface area contributed by atoms with Crippen molar-refractivity contribution in [2.75, 3.05) is 13.7 Å². The van der Waals surface area contributed by atoms with Gasteiger partial charge in [-0.1, -0.05) is 23.8 Å². The number of carboxylic acid groups (broad SMARTS) is 1. The molecule has 5 heteroatoms. The van der Waals surface area contributed by atoms with Crippen LogP contribution in [0.15, 0.2) is 30.4 Å². The third kappa shape index (κ3) is 4.67. The number of carbonyl (C=O) groups is 1. The minimum absolute atomic E-state index is 0.369. The normalized spacial score (nSPS) is 11.1. The molecular weight excluding hydrogens is 268 g/mol. The maximum atomic E-state index is 10.5. The van der Waals surface area contributed by atoms with Crippen molar-refractivity contribution in [1.82, 2.24) is 0 Å². The summed E-state index contributed by atoms with van der Waals surface area (Å²) in [5.74, 6) is -0.125. The molecule has 0 bridgehead atoms. The second kappa shape index (κ2) is 7.48. The molecule has 1 aromatic rings. The van der Waals surface area contributed by atoms with Gasteiger partial charge in [-0.2, -0.15) is 0 Å². The van der Waals surface area contributed by atoms with Gasteiger partial charge in [0.15, 0.2) is 11.5 Å². The number of aliphatic carboxylic acids is 1. The summed E-state index contributed by atoms with van der Waals surface area (Å²) in [5.41, 5.74) is 0.627. The van der Waals surface area contributed by atoms with Crippen LogP contribution >= 0.6 is 11.6 Å². The van der Waals surface area contributed by atoms with E-state index in [1.807, 2.05) is 19.1 Å². The summed E-state index contributed by atoms with van der Waals surface area (Å²) >= 11 is 6.10. The maximum Gasteiger partial charge on any atom is 0.328 e. The van der Waals surface area contributed by atoms with Crippen LogP contribution in [-0.2, 0) is 4.79 Å². The summed E-state index contributed by atoms with van der Waals surface area (Å²) in [7, 11) is 1.50. The molecule has 0 saturated carbocycles. The van der Waals surface area contributed by atoms with Crippen LogP contribution in [0.1, 0.15) is 12.5 Å². The first-order valence-electron chi connectivity index (χ1n) is 5.61. The van der Waals surface area contributed by atoms with Crippen LogP contribution in [0, 0.1) is 0 Å². The van der Waals surface area contributed by atoms with Gasteiger partial charge in [0, 0.05) is 6.08 Å². The molecule has 0 spiro atoms. The summed E-state index contributed by atoms with van der Waals surface area (Å²) in [4.78, 5) is 10.5. The topological polar surface area (TPSA) is 55.8 Å². The van der Waals surface area contributed by atoms with E-state index in [0.717, 1.165) is 6.08 Å². The molecule has 19 heavy (non-hydrogen) atoms. The lowest BCUT2D eigenvalue weighted by molar-refractivity contribution is -0.131. The number of rotatable bonds is 6. The molecule has 0 saturated heterocycles. The van der Waals surface area contributed by atoms with Crippen LogP contribution in [0.4, 0.5) is 0 Å². The smallest absolute Gasteiger partial charge is 0.328 e. The van der Waals surface area contributed by atoms with E-state index in [2.05, 4.69) is 0 Å². The average molecular weight is 283 g/mol. The van der Waals surface area contributed by atoms with Crippen LogP contribution in [-0.4, -0.2) is 24.8 Å². The molecule has 0 heterocycles. The summed E-state index contributed by atoms with van der Waals surface area (Å²) in [6.07, 6.45) is 6.18. The zero-order valence-electron chi connectivity index (χ0n) is 10.7. The lowest BCUT2D eigenvalue weighted by Gasteiger charge is -2.12. The average Bonchev–Trinajstić information content (AvgIpc) is 2.38. The molecule has 0 amide bonds. The molecular formula is C14H15ClO4. The number of halogens is 1. The van der Waals surface area contributed by atoms with Gasteiger partial charge in [0.05, 0.1) is 12.1 Å². The largest absolute Gasteiger partial charge is 0.493 e. The van der Waals surface area contributed by atoms with Crippen molar-refractivity contribution in [3.8, 4) is 11.5 Å². The molecule has 0 aliphatic heterocycles. The second-order valence-electron chi connectivity index (χ2n) is 3.59. The number of carboxylic acids is 1. The van der Waals surface area contributed by atoms with Crippen molar-refractivity contribution in [2.45, 2.75) is 6.92 Å². The standard InChI is InChI=1S/C14H15ClO4/c1-3-4-7-19-14-11(15)8-10(5-6-13(16)17)9-12(14)18-2/h3-6,8-9H,7H2,1-2H3,(H,16,17)/b4-3+,6-5+. The van der Waals surface area contributed by atoms with Crippen molar-refractivity contribution in [1.29, 1.82) is 0 Å². The molecule has 0 radical (unpaired) electrons. The second-order valence-corrected chi connectivity index (χ2v) is 3.99. The Bertz CT molecular complexity index is 506. The molecule has 1 aromatic carbocycles. The molecule has 102 valence electrons. The molecule has 0 unspecified atom stereocenters. The van der Waals surface area contributed by atoms with Crippen LogP contribution in [0.5, 0.6) is 11.5 Å². The lowest BCUT2D eigenvalue weighted by atomic mass is 10.2. The highest BCUT2D eigenvalue weighted by Gasteiger charge is 2.10. The van der Waals surface area contributed by atoms with Crippen LogP contribution in [0.2, 0.25) is 5.02 Å². The zero-order valence-corrected chi connectivity index (χ0v) is 11.5. The van der Waals surface area contributed by atoms with Gasteiger partial charge in [-0.25, -0.2) is 4.79 Å². The molecule has 0 atom stereocenters. The number of ether oxygens (including phenoxy) is 2. The summed E-state index contributed by atoms with van der Waals surface area (Å²) in [6.45, 7) is 2.28. The number of benzene rings is 1. The van der Waals surface area contributed by atoms with Crippen molar-refractivity contribution in [3.05, 3.63) is 40.9 Å².